The Kier molecular flexibility index (Phi) is 5.49. The number of rotatable bonds is 6. The number of fused-ring (bicyclic) bond motifs is 2. The number of benzene rings is 3. The summed E-state index contributed by atoms with van der Waals surface area (Å²) in [6.07, 6.45) is 4.12. The van der Waals surface area contributed by atoms with E-state index in [1.807, 2.05) is 26.2 Å². The highest BCUT2D eigenvalue weighted by Crippen LogP contribution is 2.48. The summed E-state index contributed by atoms with van der Waals surface area (Å²) in [5, 5.41) is 11.2. The average molecular weight is 417 g/mol. The number of ether oxygens (including phenoxy) is 2. The Morgan fingerprint density at radius 3 is 2.35 bits per heavy atom. The largest absolute Gasteiger partial charge is 0.497 e. The molecule has 1 aliphatic heterocycles. The minimum absolute atomic E-state index is 0.0124. The van der Waals surface area contributed by atoms with E-state index in [2.05, 4.69) is 46.2 Å². The fraction of sp³-hybridized carbons (Fsp3) is 0.167. The summed E-state index contributed by atoms with van der Waals surface area (Å²) in [7, 11) is 5.61. The van der Waals surface area contributed by atoms with Gasteiger partial charge in [0.15, 0.2) is 11.5 Å². The minimum Gasteiger partial charge on any atom is -0.497 e. The second-order valence-corrected chi connectivity index (χ2v) is 7.34. The fourth-order valence-corrected chi connectivity index (χ4v) is 3.47. The van der Waals surface area contributed by atoms with Crippen LogP contribution in [0.25, 0.3) is 6.08 Å². The predicted octanol–water partition coefficient (Wildman–Crippen LogP) is 5.63. The first-order valence-corrected chi connectivity index (χ1v) is 9.82. The maximum Gasteiger partial charge on any atom is 0.273 e. The molecule has 31 heavy (non-hydrogen) atoms. The lowest BCUT2D eigenvalue weighted by atomic mass is 10.1. The van der Waals surface area contributed by atoms with Gasteiger partial charge in [-0.1, -0.05) is 24.3 Å². The van der Waals surface area contributed by atoms with E-state index in [-0.39, 0.29) is 5.69 Å². The van der Waals surface area contributed by atoms with E-state index in [0.717, 1.165) is 22.6 Å². The molecule has 0 atom stereocenters. The molecule has 1 heterocycles. The monoisotopic (exact) mass is 417 g/mol. The number of hydrogen-bond acceptors (Lipinski definition) is 6. The average Bonchev–Trinajstić information content (AvgIpc) is 2.78. The Bertz CT molecular complexity index is 1140. The van der Waals surface area contributed by atoms with E-state index in [9.17, 15) is 10.1 Å². The van der Waals surface area contributed by atoms with Crippen LogP contribution < -0.4 is 19.3 Å². The zero-order valence-electron chi connectivity index (χ0n) is 17.6. The van der Waals surface area contributed by atoms with Crippen LogP contribution in [0.15, 0.2) is 66.7 Å². The highest BCUT2D eigenvalue weighted by molar-refractivity contribution is 5.80. The van der Waals surface area contributed by atoms with Crippen LogP contribution in [-0.4, -0.2) is 32.7 Å². The van der Waals surface area contributed by atoms with Gasteiger partial charge in [-0.2, -0.15) is 0 Å². The van der Waals surface area contributed by atoms with Crippen LogP contribution in [0.3, 0.4) is 0 Å². The van der Waals surface area contributed by atoms with E-state index in [1.54, 1.807) is 19.2 Å². The van der Waals surface area contributed by atoms with Crippen molar-refractivity contribution in [2.45, 2.75) is 0 Å². The number of methoxy groups -OCH3 is 1. The molecular weight excluding hydrogens is 394 g/mol. The third-order valence-corrected chi connectivity index (χ3v) is 5.13. The summed E-state index contributed by atoms with van der Waals surface area (Å²) in [5.74, 6) is 1.69. The van der Waals surface area contributed by atoms with Gasteiger partial charge in [0.2, 0.25) is 0 Å². The molecule has 0 spiro atoms. The van der Waals surface area contributed by atoms with Gasteiger partial charge in [-0.3, -0.25) is 10.1 Å². The molecule has 0 bridgehead atoms. The number of anilines is 3. The van der Waals surface area contributed by atoms with E-state index in [1.165, 1.54) is 12.1 Å². The van der Waals surface area contributed by atoms with Crippen LogP contribution in [-0.2, 0) is 0 Å². The predicted molar refractivity (Wildman–Crippen MR) is 123 cm³/mol. The fourth-order valence-electron chi connectivity index (χ4n) is 3.47. The van der Waals surface area contributed by atoms with Crippen molar-refractivity contribution in [2.24, 2.45) is 0 Å². The molecule has 3 aromatic carbocycles. The molecule has 3 aromatic rings. The van der Waals surface area contributed by atoms with Crippen molar-refractivity contribution in [1.82, 2.24) is 0 Å². The molecule has 0 N–H and O–H groups in total. The third kappa shape index (κ3) is 4.16. The molecule has 0 aliphatic carbocycles. The topological polar surface area (TPSA) is 68.1 Å². The summed E-state index contributed by atoms with van der Waals surface area (Å²) in [6.45, 7) is 0.572. The molecule has 0 fully saturated rings. The lowest BCUT2D eigenvalue weighted by molar-refractivity contribution is -0.384. The third-order valence-electron chi connectivity index (χ3n) is 5.13. The summed E-state index contributed by atoms with van der Waals surface area (Å²) in [6, 6.07) is 18.5. The van der Waals surface area contributed by atoms with Crippen LogP contribution in [0.2, 0.25) is 0 Å². The van der Waals surface area contributed by atoms with Gasteiger partial charge in [0.25, 0.3) is 5.69 Å². The van der Waals surface area contributed by atoms with Crippen LogP contribution in [0.5, 0.6) is 17.2 Å². The molecule has 0 saturated heterocycles. The molecular formula is C24H23N3O4. The van der Waals surface area contributed by atoms with Crippen LogP contribution in [0.4, 0.5) is 22.7 Å². The minimum atomic E-state index is -0.424. The maximum atomic E-state index is 11.2. The maximum absolute atomic E-state index is 11.2. The van der Waals surface area contributed by atoms with E-state index >= 15 is 0 Å². The zero-order chi connectivity index (χ0) is 22.0. The van der Waals surface area contributed by atoms with Crippen molar-refractivity contribution in [2.75, 3.05) is 37.5 Å². The Morgan fingerprint density at radius 1 is 1.03 bits per heavy atom. The van der Waals surface area contributed by atoms with Crippen molar-refractivity contribution < 1.29 is 14.4 Å². The molecule has 0 amide bonds. The quantitative estimate of drug-likeness (QED) is 0.383. The summed E-state index contributed by atoms with van der Waals surface area (Å²) >= 11 is 0. The van der Waals surface area contributed by atoms with Crippen molar-refractivity contribution in [3.05, 3.63) is 82.4 Å². The second-order valence-electron chi connectivity index (χ2n) is 7.34. The van der Waals surface area contributed by atoms with Gasteiger partial charge >= 0.3 is 0 Å². The molecule has 7 heteroatoms. The van der Waals surface area contributed by atoms with Crippen LogP contribution in [0, 0.1) is 10.1 Å². The van der Waals surface area contributed by atoms with E-state index in [0.29, 0.717) is 23.8 Å². The molecule has 4 rings (SSSR count). The standard InChI is InChI=1S/C24H23N3O4/c1-25(2)18-8-6-17(7-9-18)5-4-14-26-21-12-10-19(27(28)29)15-23(21)31-24-16-20(30-3)11-13-22(24)26/h4-13,15-16H,14H2,1-3H3/b5-4+. The highest BCUT2D eigenvalue weighted by atomic mass is 16.6. The van der Waals surface area contributed by atoms with Gasteiger partial charge in [0.1, 0.15) is 5.75 Å². The number of hydrogen-bond donors (Lipinski definition) is 0. The number of non-ortho nitro benzene ring substituents is 1. The van der Waals surface area contributed by atoms with Gasteiger partial charge in [-0.05, 0) is 35.9 Å². The lowest BCUT2D eigenvalue weighted by Gasteiger charge is -2.32. The van der Waals surface area contributed by atoms with Crippen molar-refractivity contribution in [1.29, 1.82) is 0 Å². The van der Waals surface area contributed by atoms with Crippen molar-refractivity contribution in [3.8, 4) is 17.2 Å². The van der Waals surface area contributed by atoms with Crippen molar-refractivity contribution >= 4 is 28.8 Å². The first-order chi connectivity index (χ1) is 15.0. The van der Waals surface area contributed by atoms with Crippen LogP contribution in [0.1, 0.15) is 5.56 Å². The normalized spacial score (nSPS) is 12.2. The smallest absolute Gasteiger partial charge is 0.273 e. The summed E-state index contributed by atoms with van der Waals surface area (Å²) < 4.78 is 11.3. The molecule has 0 radical (unpaired) electrons. The Morgan fingerprint density at radius 2 is 1.71 bits per heavy atom. The zero-order valence-corrected chi connectivity index (χ0v) is 17.6. The molecule has 0 saturated carbocycles. The van der Waals surface area contributed by atoms with Crippen LogP contribution >= 0.6 is 0 Å². The molecule has 7 nitrogen and oxygen atoms in total. The Hall–Kier alpha value is -4.00. The first-order valence-electron chi connectivity index (χ1n) is 9.82. The van der Waals surface area contributed by atoms with Gasteiger partial charge in [-0.15, -0.1) is 0 Å². The first kappa shape index (κ1) is 20.3. The highest BCUT2D eigenvalue weighted by Gasteiger charge is 2.26. The van der Waals surface area contributed by atoms with E-state index in [4.69, 9.17) is 9.47 Å². The summed E-state index contributed by atoms with van der Waals surface area (Å²) in [5.41, 5.74) is 3.87. The number of nitrogens with zero attached hydrogens (tertiary/aromatic N) is 3. The van der Waals surface area contributed by atoms with Crippen molar-refractivity contribution in [3.63, 3.8) is 0 Å². The lowest BCUT2D eigenvalue weighted by Crippen LogP contribution is -2.21. The summed E-state index contributed by atoms with van der Waals surface area (Å²) in [4.78, 5) is 14.9. The number of nitro benzene ring substituents is 1. The molecule has 0 unspecified atom stereocenters. The molecule has 158 valence electrons. The van der Waals surface area contributed by atoms with Gasteiger partial charge in [0, 0.05) is 38.5 Å². The Labute approximate surface area is 180 Å². The molecule has 1 aliphatic rings. The van der Waals surface area contributed by atoms with Gasteiger partial charge in [0.05, 0.1) is 29.5 Å². The van der Waals surface area contributed by atoms with Gasteiger partial charge in [-0.25, -0.2) is 0 Å². The van der Waals surface area contributed by atoms with E-state index < -0.39 is 4.92 Å². The van der Waals surface area contributed by atoms with Gasteiger partial charge < -0.3 is 19.3 Å². The molecule has 0 aromatic heterocycles. The number of nitro groups is 1. The Balaban J connectivity index is 1.65. The SMILES string of the molecule is COc1ccc2c(c1)Oc1cc([N+](=O)[O-])ccc1N2C/C=C/c1ccc(N(C)C)cc1. The second kappa shape index (κ2) is 8.39.